The molecule has 3 N–H and O–H groups in total. The molecule has 2 aromatic rings. The van der Waals surface area contributed by atoms with E-state index in [1.165, 1.54) is 0 Å². The minimum absolute atomic E-state index is 0.159. The van der Waals surface area contributed by atoms with Crippen LogP contribution in [-0.2, 0) is 0 Å². The largest absolute Gasteiger partial charge is 0.491 e. The summed E-state index contributed by atoms with van der Waals surface area (Å²) in [5.74, 6) is 0.735. The van der Waals surface area contributed by atoms with Crippen molar-refractivity contribution in [2.75, 3.05) is 13.2 Å². The molecule has 0 saturated heterocycles. The Bertz CT molecular complexity index is 533. The highest BCUT2D eigenvalue weighted by Crippen LogP contribution is 2.16. The Balaban J connectivity index is 1.72. The van der Waals surface area contributed by atoms with Gasteiger partial charge in [0.2, 0.25) is 0 Å². The zero-order valence-corrected chi connectivity index (χ0v) is 12.7. The van der Waals surface area contributed by atoms with E-state index in [0.29, 0.717) is 6.54 Å². The van der Waals surface area contributed by atoms with Crippen LogP contribution in [0.4, 0.5) is 0 Å². The third kappa shape index (κ3) is 5.15. The van der Waals surface area contributed by atoms with Gasteiger partial charge in [-0.3, -0.25) is 0 Å². The fraction of sp³-hybridized carbons (Fsp3) is 0.333. The molecule has 0 aliphatic carbocycles. The zero-order valence-electron chi connectivity index (χ0n) is 12.7. The van der Waals surface area contributed by atoms with Crippen LogP contribution in [0.15, 0.2) is 60.7 Å². The second-order valence-electron chi connectivity index (χ2n) is 5.33. The number of hydrogen-bond acceptors (Lipinski definition) is 4. The molecular weight excluding hydrogens is 278 g/mol. The fourth-order valence-corrected chi connectivity index (χ4v) is 2.14. The van der Waals surface area contributed by atoms with Crippen LogP contribution in [0.25, 0.3) is 0 Å². The molecule has 0 spiro atoms. The molecule has 22 heavy (non-hydrogen) atoms. The van der Waals surface area contributed by atoms with Crippen molar-refractivity contribution in [2.45, 2.75) is 25.2 Å². The molecule has 0 aliphatic rings. The molecule has 0 saturated carbocycles. The molecule has 3 atom stereocenters. The molecule has 0 aliphatic heterocycles. The van der Waals surface area contributed by atoms with Crippen molar-refractivity contribution in [3.05, 3.63) is 66.2 Å². The Hall–Kier alpha value is -1.88. The maximum atomic E-state index is 10.2. The smallest absolute Gasteiger partial charge is 0.119 e. The molecule has 0 amide bonds. The molecule has 0 aromatic heterocycles. The zero-order chi connectivity index (χ0) is 15.8. The van der Waals surface area contributed by atoms with Gasteiger partial charge < -0.3 is 20.3 Å². The summed E-state index contributed by atoms with van der Waals surface area (Å²) in [6.45, 7) is 2.46. The third-order valence-corrected chi connectivity index (χ3v) is 3.48. The van der Waals surface area contributed by atoms with E-state index in [4.69, 9.17) is 4.74 Å². The van der Waals surface area contributed by atoms with E-state index in [0.717, 1.165) is 11.3 Å². The summed E-state index contributed by atoms with van der Waals surface area (Å²) >= 11 is 0. The summed E-state index contributed by atoms with van der Waals surface area (Å²) in [5, 5.41) is 23.3. The third-order valence-electron chi connectivity index (χ3n) is 3.48. The van der Waals surface area contributed by atoms with Crippen LogP contribution in [0.1, 0.15) is 18.6 Å². The van der Waals surface area contributed by atoms with Crippen molar-refractivity contribution >= 4 is 0 Å². The molecule has 2 aromatic carbocycles. The van der Waals surface area contributed by atoms with Gasteiger partial charge in [-0.1, -0.05) is 48.5 Å². The highest BCUT2D eigenvalue weighted by atomic mass is 16.5. The average Bonchev–Trinajstić information content (AvgIpc) is 2.58. The number of ether oxygens (including phenoxy) is 1. The number of benzene rings is 2. The average molecular weight is 301 g/mol. The van der Waals surface area contributed by atoms with E-state index < -0.39 is 12.2 Å². The van der Waals surface area contributed by atoms with Gasteiger partial charge in [-0.15, -0.1) is 0 Å². The lowest BCUT2D eigenvalue weighted by molar-refractivity contribution is 0.0876. The summed E-state index contributed by atoms with van der Waals surface area (Å²) in [4.78, 5) is 0. The van der Waals surface area contributed by atoms with E-state index in [1.807, 2.05) is 67.6 Å². The van der Waals surface area contributed by atoms with Gasteiger partial charge in [0.05, 0.1) is 6.10 Å². The predicted molar refractivity (Wildman–Crippen MR) is 86.8 cm³/mol. The summed E-state index contributed by atoms with van der Waals surface area (Å²) in [6.07, 6.45) is -1.24. The Labute approximate surface area is 131 Å². The summed E-state index contributed by atoms with van der Waals surface area (Å²) in [5.41, 5.74) is 0.859. The van der Waals surface area contributed by atoms with Crippen LogP contribution in [0.3, 0.4) is 0 Å². The molecule has 2 rings (SSSR count). The second-order valence-corrected chi connectivity index (χ2v) is 5.33. The van der Waals surface area contributed by atoms with Gasteiger partial charge in [0.1, 0.15) is 18.5 Å². The van der Waals surface area contributed by atoms with Crippen molar-refractivity contribution in [1.82, 2.24) is 5.32 Å². The molecule has 0 fully saturated rings. The van der Waals surface area contributed by atoms with Crippen LogP contribution >= 0.6 is 0 Å². The van der Waals surface area contributed by atoms with Crippen molar-refractivity contribution in [2.24, 2.45) is 0 Å². The van der Waals surface area contributed by atoms with E-state index in [2.05, 4.69) is 5.32 Å². The number of aliphatic hydroxyl groups excluding tert-OH is 2. The number of nitrogens with one attached hydrogen (secondary N) is 1. The first-order valence-corrected chi connectivity index (χ1v) is 7.49. The number of rotatable bonds is 8. The molecule has 4 nitrogen and oxygen atoms in total. The Morgan fingerprint density at radius 2 is 1.55 bits per heavy atom. The monoisotopic (exact) mass is 301 g/mol. The molecule has 0 bridgehead atoms. The van der Waals surface area contributed by atoms with Gasteiger partial charge in [-0.05, 0) is 24.6 Å². The highest BCUT2D eigenvalue weighted by Gasteiger charge is 2.17. The number of hydrogen-bond donors (Lipinski definition) is 3. The first-order valence-electron chi connectivity index (χ1n) is 7.49. The van der Waals surface area contributed by atoms with Crippen molar-refractivity contribution in [3.63, 3.8) is 0 Å². The topological polar surface area (TPSA) is 61.7 Å². The van der Waals surface area contributed by atoms with Crippen molar-refractivity contribution in [3.8, 4) is 5.75 Å². The van der Waals surface area contributed by atoms with Gasteiger partial charge in [0.15, 0.2) is 0 Å². The van der Waals surface area contributed by atoms with Crippen LogP contribution in [0, 0.1) is 0 Å². The van der Waals surface area contributed by atoms with Gasteiger partial charge in [-0.25, -0.2) is 0 Å². The predicted octanol–water partition coefficient (Wildman–Crippen LogP) is 2.14. The fourth-order valence-electron chi connectivity index (χ4n) is 2.14. The molecular formula is C18H23NO3. The number of para-hydroxylation sites is 1. The molecule has 118 valence electrons. The van der Waals surface area contributed by atoms with Gasteiger partial charge in [0.25, 0.3) is 0 Å². The van der Waals surface area contributed by atoms with Crippen LogP contribution in [0.5, 0.6) is 5.75 Å². The molecule has 0 heterocycles. The Morgan fingerprint density at radius 1 is 0.955 bits per heavy atom. The van der Waals surface area contributed by atoms with E-state index >= 15 is 0 Å². The molecule has 4 heteroatoms. The summed E-state index contributed by atoms with van der Waals surface area (Å²) < 4.78 is 5.49. The summed E-state index contributed by atoms with van der Waals surface area (Å²) in [7, 11) is 0. The quantitative estimate of drug-likeness (QED) is 0.699. The van der Waals surface area contributed by atoms with Crippen molar-refractivity contribution in [1.29, 1.82) is 0 Å². The van der Waals surface area contributed by atoms with Gasteiger partial charge in [-0.2, -0.15) is 0 Å². The van der Waals surface area contributed by atoms with Crippen molar-refractivity contribution < 1.29 is 14.9 Å². The minimum Gasteiger partial charge on any atom is -0.491 e. The van der Waals surface area contributed by atoms with Crippen LogP contribution in [-0.4, -0.2) is 35.5 Å². The Kier molecular flexibility index (Phi) is 6.40. The normalized spacial score (nSPS) is 15.0. The summed E-state index contributed by atoms with van der Waals surface area (Å²) in [6, 6.07) is 18.7. The maximum Gasteiger partial charge on any atom is 0.119 e. The Morgan fingerprint density at radius 3 is 2.18 bits per heavy atom. The van der Waals surface area contributed by atoms with E-state index in [-0.39, 0.29) is 12.6 Å². The van der Waals surface area contributed by atoms with E-state index in [1.54, 1.807) is 0 Å². The maximum absolute atomic E-state index is 10.2. The van der Waals surface area contributed by atoms with E-state index in [9.17, 15) is 10.2 Å². The lowest BCUT2D eigenvalue weighted by Gasteiger charge is -2.22. The highest BCUT2D eigenvalue weighted by molar-refractivity contribution is 5.21. The standard InChI is InChI=1S/C18H23NO3/c1-14(18(21)15-8-4-2-5-9-15)19-12-16(20)13-22-17-10-6-3-7-11-17/h2-11,14,16,18-21H,12-13H2,1H3. The van der Waals surface area contributed by atoms with Gasteiger partial charge in [0, 0.05) is 12.6 Å². The lowest BCUT2D eigenvalue weighted by Crippen LogP contribution is -2.39. The molecule has 0 radical (unpaired) electrons. The number of aliphatic hydroxyl groups is 2. The SMILES string of the molecule is CC(NCC(O)COc1ccccc1)C(O)c1ccccc1. The minimum atomic E-state index is -0.634. The van der Waals surface area contributed by atoms with Crippen LogP contribution in [0.2, 0.25) is 0 Å². The first kappa shape index (κ1) is 16.5. The van der Waals surface area contributed by atoms with Gasteiger partial charge >= 0.3 is 0 Å². The molecule has 3 unspecified atom stereocenters. The first-order chi connectivity index (χ1) is 10.7. The lowest BCUT2D eigenvalue weighted by atomic mass is 10.0. The van der Waals surface area contributed by atoms with Crippen LogP contribution < -0.4 is 10.1 Å². The second kappa shape index (κ2) is 8.54.